The number of aryl methyl sites for hydroxylation is 1. The van der Waals surface area contributed by atoms with Crippen LogP contribution in [0.2, 0.25) is 0 Å². The Kier molecular flexibility index (Phi) is 3.89. The van der Waals surface area contributed by atoms with E-state index in [1.54, 1.807) is 18.2 Å². The second-order valence-electron chi connectivity index (χ2n) is 5.74. The van der Waals surface area contributed by atoms with E-state index in [0.29, 0.717) is 36.1 Å². The predicted octanol–water partition coefficient (Wildman–Crippen LogP) is 2.41. The lowest BCUT2D eigenvalue weighted by Gasteiger charge is -2.08. The molecule has 128 valence electrons. The van der Waals surface area contributed by atoms with Gasteiger partial charge in [-0.2, -0.15) is 5.10 Å². The van der Waals surface area contributed by atoms with E-state index in [4.69, 9.17) is 14.2 Å². The first-order valence-corrected chi connectivity index (χ1v) is 7.96. The number of hydrogen-bond donors (Lipinski definition) is 2. The van der Waals surface area contributed by atoms with Gasteiger partial charge in [-0.05, 0) is 31.2 Å². The Balaban J connectivity index is 1.33. The first kappa shape index (κ1) is 15.3. The van der Waals surface area contributed by atoms with Crippen LogP contribution in [0.15, 0.2) is 36.4 Å². The van der Waals surface area contributed by atoms with Gasteiger partial charge in [0, 0.05) is 11.5 Å². The lowest BCUT2D eigenvalue weighted by molar-refractivity contribution is 0.0943. The number of benzene rings is 2. The molecule has 0 spiro atoms. The minimum Gasteiger partial charge on any atom is -0.492 e. The molecule has 0 saturated heterocycles. The number of rotatable bonds is 5. The average molecular weight is 339 g/mol. The molecule has 0 radical (unpaired) electrons. The van der Waals surface area contributed by atoms with Crippen molar-refractivity contribution in [1.82, 2.24) is 15.5 Å². The van der Waals surface area contributed by atoms with Crippen molar-refractivity contribution in [2.24, 2.45) is 0 Å². The molecule has 0 unspecified atom stereocenters. The zero-order valence-corrected chi connectivity index (χ0v) is 13.7. The van der Waals surface area contributed by atoms with E-state index in [2.05, 4.69) is 15.5 Å². The molecular weight excluding hydrogens is 322 g/mol. The fourth-order valence-corrected chi connectivity index (χ4v) is 2.68. The quantitative estimate of drug-likeness (QED) is 0.697. The monoisotopic (exact) mass is 339 g/mol. The summed E-state index contributed by atoms with van der Waals surface area (Å²) in [5.74, 6) is 1.81. The van der Waals surface area contributed by atoms with Gasteiger partial charge < -0.3 is 19.5 Å². The van der Waals surface area contributed by atoms with Gasteiger partial charge in [-0.25, -0.2) is 0 Å². The van der Waals surface area contributed by atoms with Crippen molar-refractivity contribution in [2.75, 3.05) is 19.9 Å². The molecule has 1 amide bonds. The maximum atomic E-state index is 12.3. The highest BCUT2D eigenvalue weighted by atomic mass is 16.7. The van der Waals surface area contributed by atoms with Crippen molar-refractivity contribution in [1.29, 1.82) is 0 Å². The molecule has 0 fully saturated rings. The normalized spacial score (nSPS) is 12.4. The van der Waals surface area contributed by atoms with Crippen LogP contribution in [0.1, 0.15) is 16.1 Å². The predicted molar refractivity (Wildman–Crippen MR) is 91.2 cm³/mol. The molecule has 0 bridgehead atoms. The molecule has 0 saturated carbocycles. The van der Waals surface area contributed by atoms with Crippen LogP contribution >= 0.6 is 0 Å². The van der Waals surface area contributed by atoms with Crippen LogP contribution in [0.5, 0.6) is 17.2 Å². The molecule has 1 aliphatic rings. The maximum absolute atomic E-state index is 12.3. The number of fused-ring (bicyclic) bond motifs is 2. The van der Waals surface area contributed by atoms with Gasteiger partial charge in [0.25, 0.3) is 5.91 Å². The van der Waals surface area contributed by atoms with E-state index in [1.807, 2.05) is 25.1 Å². The molecule has 4 rings (SSSR count). The highest BCUT2D eigenvalue weighted by Gasteiger charge is 2.15. The van der Waals surface area contributed by atoms with Gasteiger partial charge in [0.1, 0.15) is 12.4 Å². The number of H-pyrrole nitrogens is 1. The van der Waals surface area contributed by atoms with Crippen LogP contribution in [0.4, 0.5) is 0 Å². The van der Waals surface area contributed by atoms with Crippen LogP contribution in [-0.2, 0) is 0 Å². The number of amides is 1. The van der Waals surface area contributed by atoms with E-state index in [1.165, 1.54) is 0 Å². The number of hydrogen-bond acceptors (Lipinski definition) is 5. The van der Waals surface area contributed by atoms with Gasteiger partial charge in [-0.1, -0.05) is 11.6 Å². The fraction of sp³-hybridized carbons (Fsp3) is 0.222. The Labute approximate surface area is 143 Å². The second-order valence-corrected chi connectivity index (χ2v) is 5.74. The molecule has 2 heterocycles. The fourth-order valence-electron chi connectivity index (χ4n) is 2.68. The summed E-state index contributed by atoms with van der Waals surface area (Å²) >= 11 is 0. The van der Waals surface area contributed by atoms with Crippen LogP contribution in [0.3, 0.4) is 0 Å². The molecule has 7 heteroatoms. The summed E-state index contributed by atoms with van der Waals surface area (Å²) in [7, 11) is 0. The maximum Gasteiger partial charge on any atom is 0.272 e. The van der Waals surface area contributed by atoms with Crippen LogP contribution in [0.25, 0.3) is 10.9 Å². The minimum absolute atomic E-state index is 0.228. The lowest BCUT2D eigenvalue weighted by Crippen LogP contribution is -2.28. The van der Waals surface area contributed by atoms with Gasteiger partial charge in [-0.15, -0.1) is 0 Å². The number of aromatic nitrogens is 2. The van der Waals surface area contributed by atoms with Crippen LogP contribution in [-0.4, -0.2) is 36.0 Å². The number of carbonyl (C=O) groups excluding carboxylic acids is 1. The summed E-state index contributed by atoms with van der Waals surface area (Å²) in [6.45, 7) is 2.92. The Bertz CT molecular complexity index is 935. The van der Waals surface area contributed by atoms with Crippen molar-refractivity contribution in [3.63, 3.8) is 0 Å². The van der Waals surface area contributed by atoms with Gasteiger partial charge in [-0.3, -0.25) is 9.89 Å². The summed E-state index contributed by atoms with van der Waals surface area (Å²) in [5, 5.41) is 10.6. The molecule has 2 N–H and O–H groups in total. The van der Waals surface area contributed by atoms with Gasteiger partial charge in [0.05, 0.1) is 12.1 Å². The van der Waals surface area contributed by atoms with Crippen molar-refractivity contribution < 1.29 is 19.0 Å². The van der Waals surface area contributed by atoms with Crippen LogP contribution < -0.4 is 19.5 Å². The standard InChI is InChI=1S/C18H17N3O4/c1-11-2-4-14-13(8-11)17(21-20-14)18(22)19-6-7-23-12-3-5-15-16(9-12)25-10-24-15/h2-5,8-9H,6-7,10H2,1H3,(H,19,22)(H,20,21). The number of nitrogens with one attached hydrogen (secondary N) is 2. The largest absolute Gasteiger partial charge is 0.492 e. The molecule has 1 aromatic heterocycles. The Morgan fingerprint density at radius 2 is 2.12 bits per heavy atom. The first-order chi connectivity index (χ1) is 12.2. The first-order valence-electron chi connectivity index (χ1n) is 7.96. The topological polar surface area (TPSA) is 85.5 Å². The molecule has 7 nitrogen and oxygen atoms in total. The summed E-state index contributed by atoms with van der Waals surface area (Å²) in [6.07, 6.45) is 0. The van der Waals surface area contributed by atoms with E-state index in [-0.39, 0.29) is 12.7 Å². The number of carbonyl (C=O) groups is 1. The smallest absolute Gasteiger partial charge is 0.272 e. The molecule has 1 aliphatic heterocycles. The van der Waals surface area contributed by atoms with E-state index < -0.39 is 0 Å². The highest BCUT2D eigenvalue weighted by Crippen LogP contribution is 2.34. The Morgan fingerprint density at radius 3 is 3.04 bits per heavy atom. The third kappa shape index (κ3) is 3.08. The second kappa shape index (κ2) is 6.35. The molecule has 0 atom stereocenters. The molecule has 0 aliphatic carbocycles. The number of nitrogens with zero attached hydrogens (tertiary/aromatic N) is 1. The van der Waals surface area contributed by atoms with Crippen molar-refractivity contribution in [3.05, 3.63) is 47.7 Å². The van der Waals surface area contributed by atoms with Gasteiger partial charge in [0.2, 0.25) is 6.79 Å². The zero-order valence-electron chi connectivity index (χ0n) is 13.7. The van der Waals surface area contributed by atoms with Gasteiger partial charge in [0.15, 0.2) is 17.2 Å². The third-order valence-corrected chi connectivity index (χ3v) is 3.93. The molecule has 2 aromatic carbocycles. The van der Waals surface area contributed by atoms with Crippen molar-refractivity contribution in [3.8, 4) is 17.2 Å². The highest BCUT2D eigenvalue weighted by molar-refractivity contribution is 6.04. The summed E-state index contributed by atoms with van der Waals surface area (Å²) < 4.78 is 16.2. The summed E-state index contributed by atoms with van der Waals surface area (Å²) in [5.41, 5.74) is 2.31. The summed E-state index contributed by atoms with van der Waals surface area (Å²) in [4.78, 5) is 12.3. The SMILES string of the molecule is Cc1ccc2[nH]nc(C(=O)NCCOc3ccc4c(c3)OCO4)c2c1. The molecule has 25 heavy (non-hydrogen) atoms. The Hall–Kier alpha value is -3.22. The van der Waals surface area contributed by atoms with E-state index in [9.17, 15) is 4.79 Å². The number of ether oxygens (including phenoxy) is 3. The van der Waals surface area contributed by atoms with Crippen molar-refractivity contribution in [2.45, 2.75) is 6.92 Å². The third-order valence-electron chi connectivity index (χ3n) is 3.93. The lowest BCUT2D eigenvalue weighted by atomic mass is 10.1. The van der Waals surface area contributed by atoms with E-state index >= 15 is 0 Å². The van der Waals surface area contributed by atoms with Crippen molar-refractivity contribution >= 4 is 16.8 Å². The Morgan fingerprint density at radius 1 is 1.24 bits per heavy atom. The van der Waals surface area contributed by atoms with Gasteiger partial charge >= 0.3 is 0 Å². The molecular formula is C18H17N3O4. The van der Waals surface area contributed by atoms with Crippen LogP contribution in [0, 0.1) is 6.92 Å². The molecule has 3 aromatic rings. The average Bonchev–Trinajstić information content (AvgIpc) is 3.24. The summed E-state index contributed by atoms with van der Waals surface area (Å²) in [6, 6.07) is 11.2. The zero-order chi connectivity index (χ0) is 17.2. The number of aromatic amines is 1. The minimum atomic E-state index is -0.230. The van der Waals surface area contributed by atoms with E-state index in [0.717, 1.165) is 16.5 Å².